The van der Waals surface area contributed by atoms with Crippen LogP contribution in [0.2, 0.25) is 5.02 Å². The van der Waals surface area contributed by atoms with Gasteiger partial charge in [0.2, 0.25) is 0 Å². The number of nitrogens with zero attached hydrogens (tertiary/aromatic N) is 3. The fourth-order valence-electron chi connectivity index (χ4n) is 4.66. The first-order valence-corrected chi connectivity index (χ1v) is 16.0. The Kier molecular flexibility index (Phi) is 9.83. The zero-order chi connectivity index (χ0) is 31.3. The highest BCUT2D eigenvalue weighted by atomic mass is 35.5. The molecule has 0 spiro atoms. The Morgan fingerprint density at radius 3 is 2.50 bits per heavy atom. The monoisotopic (exact) mass is 637 g/mol. The lowest BCUT2D eigenvalue weighted by Crippen LogP contribution is -2.37. The molecule has 0 aliphatic rings. The van der Waals surface area contributed by atoms with Crippen molar-refractivity contribution in [1.29, 1.82) is 0 Å². The van der Waals surface area contributed by atoms with E-state index in [1.165, 1.54) is 13.0 Å². The van der Waals surface area contributed by atoms with Crippen LogP contribution in [0.25, 0.3) is 21.9 Å². The molecule has 0 radical (unpaired) electrons. The Labute approximate surface area is 259 Å². The molecule has 0 aliphatic heterocycles. The summed E-state index contributed by atoms with van der Waals surface area (Å²) < 4.78 is 39.3. The number of carbonyl (C=O) groups is 1. The number of para-hydroxylation sites is 2. The van der Waals surface area contributed by atoms with Crippen LogP contribution < -0.4 is 20.1 Å². The molecule has 0 bridgehead atoms. The van der Waals surface area contributed by atoms with Crippen LogP contribution >= 0.6 is 19.3 Å². The van der Waals surface area contributed by atoms with Crippen LogP contribution in [0, 0.1) is 0 Å². The fraction of sp³-hybridized carbons (Fsp3) is 0.258. The average molecular weight is 638 g/mol. The van der Waals surface area contributed by atoms with Gasteiger partial charge in [-0.05, 0) is 57.2 Å². The lowest BCUT2D eigenvalue weighted by atomic mass is 10.2. The number of aromatic nitrogens is 3. The number of hydrogen-bond donors (Lipinski definition) is 2. The van der Waals surface area contributed by atoms with Gasteiger partial charge in [0.1, 0.15) is 35.5 Å². The van der Waals surface area contributed by atoms with Crippen molar-refractivity contribution in [3.63, 3.8) is 0 Å². The van der Waals surface area contributed by atoms with Gasteiger partial charge in [-0.1, -0.05) is 54.1 Å². The zero-order valence-electron chi connectivity index (χ0n) is 24.5. The normalized spacial score (nSPS) is 14.3. The van der Waals surface area contributed by atoms with Gasteiger partial charge in [-0.2, -0.15) is 5.09 Å². The first kappa shape index (κ1) is 31.4. The number of nitrogen functional groups attached to an aromatic ring is 1. The van der Waals surface area contributed by atoms with Gasteiger partial charge in [0.05, 0.1) is 23.7 Å². The van der Waals surface area contributed by atoms with Gasteiger partial charge in [0.15, 0.2) is 5.82 Å². The van der Waals surface area contributed by atoms with Crippen molar-refractivity contribution in [2.75, 3.05) is 12.3 Å². The van der Waals surface area contributed by atoms with E-state index in [9.17, 15) is 9.36 Å². The number of rotatable bonds is 13. The van der Waals surface area contributed by atoms with Gasteiger partial charge in [0, 0.05) is 17.0 Å². The number of anilines is 1. The van der Waals surface area contributed by atoms with Gasteiger partial charge in [-0.15, -0.1) is 0 Å². The second-order valence-electron chi connectivity index (χ2n) is 10.0. The maximum Gasteiger partial charge on any atom is 0.459 e. The second kappa shape index (κ2) is 13.8. The number of benzene rings is 3. The van der Waals surface area contributed by atoms with Crippen LogP contribution in [0.5, 0.6) is 11.5 Å². The molecule has 0 fully saturated rings. The molecule has 5 aromatic rings. The molecule has 1 unspecified atom stereocenters. The average Bonchev–Trinajstić information content (AvgIpc) is 3.34. The van der Waals surface area contributed by atoms with Crippen molar-refractivity contribution in [1.82, 2.24) is 19.6 Å². The molecule has 5 rings (SSSR count). The van der Waals surface area contributed by atoms with Crippen LogP contribution in [0.15, 0.2) is 78.9 Å². The van der Waals surface area contributed by atoms with E-state index in [-0.39, 0.29) is 24.7 Å². The molecular weight excluding hydrogens is 605 g/mol. The molecule has 0 amide bonds. The third kappa shape index (κ3) is 7.38. The number of ether oxygens (including phenoxy) is 2. The Morgan fingerprint density at radius 1 is 1.02 bits per heavy atom. The van der Waals surface area contributed by atoms with Crippen molar-refractivity contribution < 1.29 is 27.9 Å². The number of hydrogen-bond acceptors (Lipinski definition) is 9. The molecule has 0 aliphatic carbocycles. The molecule has 3 atom stereocenters. The smallest absolute Gasteiger partial charge is 0.425 e. The highest BCUT2D eigenvalue weighted by Gasteiger charge is 2.35. The summed E-state index contributed by atoms with van der Waals surface area (Å²) in [6, 6.07) is 21.5. The number of carbonyl (C=O) groups excluding carboxylic acids is 1. The summed E-state index contributed by atoms with van der Waals surface area (Å²) in [6.45, 7) is 6.03. The van der Waals surface area contributed by atoms with E-state index in [1.54, 1.807) is 55.5 Å². The van der Waals surface area contributed by atoms with Gasteiger partial charge < -0.3 is 24.3 Å². The Bertz CT molecular complexity index is 1820. The number of esters is 1. The van der Waals surface area contributed by atoms with Gasteiger partial charge >= 0.3 is 13.7 Å². The SMILES string of the molecule is CCOCc1nc2c(N)nc3ccccc3c2n1C[C@@H](C)OP(=O)(N[C@@H](C)C(=O)Oc1ccccc1)Oc1cccc(Cl)c1. The number of nitrogens with two attached hydrogens (primary N) is 1. The van der Waals surface area contributed by atoms with Crippen molar-refractivity contribution in [2.45, 2.75) is 46.1 Å². The highest BCUT2D eigenvalue weighted by Crippen LogP contribution is 2.47. The number of halogens is 1. The minimum Gasteiger partial charge on any atom is -0.425 e. The zero-order valence-corrected chi connectivity index (χ0v) is 26.1. The summed E-state index contributed by atoms with van der Waals surface area (Å²) in [7, 11) is -4.22. The summed E-state index contributed by atoms with van der Waals surface area (Å²) in [5, 5.41) is 3.95. The van der Waals surface area contributed by atoms with Crippen LogP contribution in [0.1, 0.15) is 26.6 Å². The lowest BCUT2D eigenvalue weighted by molar-refractivity contribution is -0.136. The molecule has 44 heavy (non-hydrogen) atoms. The fourth-order valence-corrected chi connectivity index (χ4v) is 6.50. The molecule has 11 nitrogen and oxygen atoms in total. The molecular formula is C31H33ClN5O6P. The van der Waals surface area contributed by atoms with Crippen LogP contribution in [0.3, 0.4) is 0 Å². The maximum absolute atomic E-state index is 14.3. The third-order valence-electron chi connectivity index (χ3n) is 6.57. The molecule has 0 saturated carbocycles. The minimum atomic E-state index is -4.22. The van der Waals surface area contributed by atoms with Crippen molar-refractivity contribution in [3.8, 4) is 11.5 Å². The maximum atomic E-state index is 14.3. The van der Waals surface area contributed by atoms with Gasteiger partial charge in [0.25, 0.3) is 0 Å². The Hall–Kier alpha value is -3.99. The number of pyridine rings is 1. The number of fused-ring (bicyclic) bond motifs is 3. The van der Waals surface area contributed by atoms with Crippen LogP contribution in [0.4, 0.5) is 5.82 Å². The summed E-state index contributed by atoms with van der Waals surface area (Å²) in [4.78, 5) is 22.2. The van der Waals surface area contributed by atoms with E-state index in [4.69, 9.17) is 40.8 Å². The summed E-state index contributed by atoms with van der Waals surface area (Å²) in [6.07, 6.45) is -0.726. The van der Waals surface area contributed by atoms with E-state index in [0.29, 0.717) is 34.2 Å². The summed E-state index contributed by atoms with van der Waals surface area (Å²) in [5.74, 6) is 0.753. The van der Waals surface area contributed by atoms with E-state index < -0.39 is 25.9 Å². The Balaban J connectivity index is 1.45. The molecule has 3 aromatic carbocycles. The quantitative estimate of drug-likeness (QED) is 0.0831. The lowest BCUT2D eigenvalue weighted by Gasteiger charge is -2.26. The van der Waals surface area contributed by atoms with Crippen molar-refractivity contribution in [3.05, 3.63) is 89.7 Å². The highest BCUT2D eigenvalue weighted by molar-refractivity contribution is 7.52. The first-order valence-electron chi connectivity index (χ1n) is 14.0. The number of nitrogens with one attached hydrogen (secondary N) is 1. The molecule has 230 valence electrons. The van der Waals surface area contributed by atoms with Crippen molar-refractivity contribution >= 4 is 53.1 Å². The molecule has 13 heteroatoms. The van der Waals surface area contributed by atoms with Gasteiger partial charge in [-0.25, -0.2) is 19.3 Å². The molecule has 2 aromatic heterocycles. The largest absolute Gasteiger partial charge is 0.459 e. The molecule has 3 N–H and O–H groups in total. The van der Waals surface area contributed by atoms with Gasteiger partial charge in [-0.3, -0.25) is 4.52 Å². The van der Waals surface area contributed by atoms with E-state index >= 15 is 0 Å². The Morgan fingerprint density at radius 2 is 1.75 bits per heavy atom. The van der Waals surface area contributed by atoms with Crippen LogP contribution in [-0.2, 0) is 31.8 Å². The second-order valence-corrected chi connectivity index (χ2v) is 12.1. The van der Waals surface area contributed by atoms with E-state index in [1.807, 2.05) is 35.8 Å². The summed E-state index contributed by atoms with van der Waals surface area (Å²) in [5.41, 5.74) is 8.29. The molecule has 2 heterocycles. The van der Waals surface area contributed by atoms with Crippen LogP contribution in [-0.4, -0.2) is 39.3 Å². The first-order chi connectivity index (χ1) is 21.2. The van der Waals surface area contributed by atoms with E-state index in [2.05, 4.69) is 10.1 Å². The van der Waals surface area contributed by atoms with Crippen molar-refractivity contribution in [2.24, 2.45) is 0 Å². The standard InChI is InChI=1S/C31H33ClN5O6P/c1-4-40-19-27-35-28-29(25-15-8-9-16-26(25)34-30(28)33)37(27)18-20(2)42-44(39,43-24-14-10-11-22(32)17-24)36-21(3)31(38)41-23-12-6-5-7-13-23/h5-17,20-21H,4,18-19H2,1-3H3,(H2,33,34)(H,36,39)/t20-,21+,44?/m1/s1. The minimum absolute atomic E-state index is 0.194. The summed E-state index contributed by atoms with van der Waals surface area (Å²) >= 11 is 6.15. The predicted octanol–water partition coefficient (Wildman–Crippen LogP) is 6.53. The molecule has 0 saturated heterocycles. The predicted molar refractivity (Wildman–Crippen MR) is 170 cm³/mol. The third-order valence-corrected chi connectivity index (χ3v) is 8.60. The number of imidazole rings is 1. The topological polar surface area (TPSA) is 140 Å². The van der Waals surface area contributed by atoms with E-state index in [0.717, 1.165) is 10.9 Å².